The number of unbranched alkanes of at least 4 members (excludes halogenated alkanes) is 2. The van der Waals surface area contributed by atoms with Gasteiger partial charge in [-0.3, -0.25) is 0 Å². The average molecular weight is 235 g/mol. The molecule has 1 aliphatic rings. The van der Waals surface area contributed by atoms with Crippen molar-refractivity contribution in [2.45, 2.75) is 32.1 Å². The van der Waals surface area contributed by atoms with Gasteiger partial charge in [-0.25, -0.2) is 0 Å². The van der Waals surface area contributed by atoms with Crippen molar-refractivity contribution in [3.63, 3.8) is 0 Å². The number of rotatable bonds is 6. The highest BCUT2D eigenvalue weighted by Gasteiger charge is 2.12. The smallest absolute Gasteiger partial charge is 0.124 e. The van der Waals surface area contributed by atoms with Gasteiger partial charge in [0.1, 0.15) is 5.75 Å². The minimum absolute atomic E-state index is 0.282. The molecule has 1 aromatic rings. The number of nitrogens with one attached hydrogen (secondary N) is 1. The number of ether oxygens (including phenoxy) is 1. The molecule has 94 valence electrons. The molecule has 0 bridgehead atoms. The first-order valence-electron chi connectivity index (χ1n) is 6.51. The number of aliphatic hydroxyl groups excluding tert-OH is 1. The maximum atomic E-state index is 8.69. The highest BCUT2D eigenvalue weighted by atomic mass is 16.5. The van der Waals surface area contributed by atoms with Gasteiger partial charge in [0.2, 0.25) is 0 Å². The van der Waals surface area contributed by atoms with Gasteiger partial charge in [0.15, 0.2) is 0 Å². The molecule has 1 aromatic carbocycles. The second-order valence-electron chi connectivity index (χ2n) is 4.45. The fraction of sp³-hybridized carbons (Fsp3) is 0.571. The van der Waals surface area contributed by atoms with Crippen LogP contribution in [0.15, 0.2) is 18.2 Å². The molecule has 1 heterocycles. The molecular formula is C14H21NO2. The summed E-state index contributed by atoms with van der Waals surface area (Å²) in [5, 5.41) is 12.1. The van der Waals surface area contributed by atoms with Crippen molar-refractivity contribution in [2.24, 2.45) is 0 Å². The molecule has 2 N–H and O–H groups in total. The van der Waals surface area contributed by atoms with Gasteiger partial charge in [-0.05, 0) is 44.2 Å². The summed E-state index contributed by atoms with van der Waals surface area (Å²) < 4.78 is 5.83. The summed E-state index contributed by atoms with van der Waals surface area (Å²) in [5.74, 6) is 1.03. The number of hydrogen-bond acceptors (Lipinski definition) is 3. The third kappa shape index (κ3) is 3.37. The maximum absolute atomic E-state index is 8.69. The van der Waals surface area contributed by atoms with Gasteiger partial charge in [0.05, 0.1) is 6.61 Å². The minimum Gasteiger partial charge on any atom is -0.493 e. The number of aliphatic hydroxyl groups is 1. The number of fused-ring (bicyclic) bond motifs is 1. The number of hydrogen-bond donors (Lipinski definition) is 2. The lowest BCUT2D eigenvalue weighted by atomic mass is 10.0. The topological polar surface area (TPSA) is 41.5 Å². The van der Waals surface area contributed by atoms with Crippen LogP contribution in [0.2, 0.25) is 0 Å². The molecule has 0 amide bonds. The Balaban J connectivity index is 1.87. The van der Waals surface area contributed by atoms with E-state index in [0.29, 0.717) is 0 Å². The van der Waals surface area contributed by atoms with Crippen molar-refractivity contribution in [1.82, 2.24) is 0 Å². The van der Waals surface area contributed by atoms with Crippen molar-refractivity contribution in [2.75, 3.05) is 25.1 Å². The van der Waals surface area contributed by atoms with Crippen LogP contribution in [0.4, 0.5) is 5.69 Å². The predicted molar refractivity (Wildman–Crippen MR) is 69.7 cm³/mol. The summed E-state index contributed by atoms with van der Waals surface area (Å²) in [6.45, 7) is 2.09. The summed E-state index contributed by atoms with van der Waals surface area (Å²) in [6, 6.07) is 6.21. The van der Waals surface area contributed by atoms with E-state index in [1.807, 2.05) is 6.07 Å². The van der Waals surface area contributed by atoms with Gasteiger partial charge in [-0.1, -0.05) is 6.07 Å². The zero-order valence-electron chi connectivity index (χ0n) is 10.2. The van der Waals surface area contributed by atoms with Crippen LogP contribution in [0, 0.1) is 0 Å². The first-order chi connectivity index (χ1) is 8.42. The van der Waals surface area contributed by atoms with E-state index in [2.05, 4.69) is 17.4 Å². The molecule has 0 fully saturated rings. The van der Waals surface area contributed by atoms with Crippen molar-refractivity contribution in [1.29, 1.82) is 0 Å². The van der Waals surface area contributed by atoms with E-state index < -0.39 is 0 Å². The van der Waals surface area contributed by atoms with Gasteiger partial charge >= 0.3 is 0 Å². The monoisotopic (exact) mass is 235 g/mol. The first kappa shape index (κ1) is 12.2. The van der Waals surface area contributed by atoms with Gasteiger partial charge in [0.25, 0.3) is 0 Å². The fourth-order valence-corrected chi connectivity index (χ4v) is 2.19. The predicted octanol–water partition coefficient (Wildman–Crippen LogP) is 2.59. The standard InChI is InChI=1S/C14H21NO2/c16-10-2-1-3-11-17-14-8-4-7-13-12(14)6-5-9-15-13/h4,7-8,15-16H,1-3,5-6,9-11H2. The van der Waals surface area contributed by atoms with Gasteiger partial charge in [0, 0.05) is 24.4 Å². The Hall–Kier alpha value is -1.22. The molecule has 0 unspecified atom stereocenters. The van der Waals surface area contributed by atoms with Crippen LogP contribution >= 0.6 is 0 Å². The normalized spacial score (nSPS) is 13.9. The Morgan fingerprint density at radius 2 is 2.18 bits per heavy atom. The molecule has 3 heteroatoms. The fourth-order valence-electron chi connectivity index (χ4n) is 2.19. The van der Waals surface area contributed by atoms with Crippen LogP contribution in [0.25, 0.3) is 0 Å². The zero-order chi connectivity index (χ0) is 11.9. The van der Waals surface area contributed by atoms with E-state index in [0.717, 1.165) is 44.6 Å². The Morgan fingerprint density at radius 1 is 1.24 bits per heavy atom. The van der Waals surface area contributed by atoms with Crippen molar-refractivity contribution >= 4 is 5.69 Å². The van der Waals surface area contributed by atoms with Crippen LogP contribution in [-0.2, 0) is 6.42 Å². The molecule has 0 saturated carbocycles. The Labute approximate surface area is 103 Å². The molecule has 2 rings (SSSR count). The van der Waals surface area contributed by atoms with E-state index in [1.54, 1.807) is 0 Å². The quantitative estimate of drug-likeness (QED) is 0.745. The molecule has 17 heavy (non-hydrogen) atoms. The Bertz CT molecular complexity index is 352. The SMILES string of the molecule is OCCCCCOc1cccc2c1CCCN2. The molecule has 0 radical (unpaired) electrons. The third-order valence-electron chi connectivity index (χ3n) is 3.11. The van der Waals surface area contributed by atoms with E-state index in [9.17, 15) is 0 Å². The summed E-state index contributed by atoms with van der Waals surface area (Å²) in [5.41, 5.74) is 2.55. The lowest BCUT2D eigenvalue weighted by molar-refractivity contribution is 0.265. The lowest BCUT2D eigenvalue weighted by Crippen LogP contribution is -2.13. The molecule has 0 aliphatic carbocycles. The van der Waals surface area contributed by atoms with Gasteiger partial charge in [-0.2, -0.15) is 0 Å². The third-order valence-corrected chi connectivity index (χ3v) is 3.11. The Kier molecular flexibility index (Phi) is 4.68. The van der Waals surface area contributed by atoms with E-state index >= 15 is 0 Å². The highest BCUT2D eigenvalue weighted by molar-refractivity contribution is 5.58. The molecule has 0 spiro atoms. The second kappa shape index (κ2) is 6.50. The minimum atomic E-state index is 0.282. The lowest BCUT2D eigenvalue weighted by Gasteiger charge is -2.20. The summed E-state index contributed by atoms with van der Waals surface area (Å²) >= 11 is 0. The van der Waals surface area contributed by atoms with Crippen molar-refractivity contribution in [3.05, 3.63) is 23.8 Å². The first-order valence-corrected chi connectivity index (χ1v) is 6.51. The van der Waals surface area contributed by atoms with E-state index in [-0.39, 0.29) is 6.61 Å². The van der Waals surface area contributed by atoms with Crippen molar-refractivity contribution in [3.8, 4) is 5.75 Å². The molecular weight excluding hydrogens is 214 g/mol. The largest absolute Gasteiger partial charge is 0.493 e. The molecule has 0 atom stereocenters. The molecule has 0 aromatic heterocycles. The molecule has 3 nitrogen and oxygen atoms in total. The summed E-state index contributed by atoms with van der Waals surface area (Å²) in [6.07, 6.45) is 5.20. The van der Waals surface area contributed by atoms with Crippen LogP contribution in [0.5, 0.6) is 5.75 Å². The van der Waals surface area contributed by atoms with Crippen LogP contribution in [0.1, 0.15) is 31.2 Å². The molecule has 1 aliphatic heterocycles. The van der Waals surface area contributed by atoms with Crippen LogP contribution in [-0.4, -0.2) is 24.9 Å². The maximum Gasteiger partial charge on any atom is 0.124 e. The van der Waals surface area contributed by atoms with Crippen LogP contribution in [0.3, 0.4) is 0 Å². The van der Waals surface area contributed by atoms with E-state index in [4.69, 9.17) is 9.84 Å². The van der Waals surface area contributed by atoms with Crippen molar-refractivity contribution < 1.29 is 9.84 Å². The Morgan fingerprint density at radius 3 is 3.06 bits per heavy atom. The zero-order valence-corrected chi connectivity index (χ0v) is 10.2. The average Bonchev–Trinajstić information content (AvgIpc) is 2.39. The van der Waals surface area contributed by atoms with Gasteiger partial charge in [-0.15, -0.1) is 0 Å². The number of anilines is 1. The second-order valence-corrected chi connectivity index (χ2v) is 4.45. The highest BCUT2D eigenvalue weighted by Crippen LogP contribution is 2.30. The summed E-state index contributed by atoms with van der Waals surface area (Å²) in [7, 11) is 0. The molecule has 0 saturated heterocycles. The van der Waals surface area contributed by atoms with E-state index in [1.165, 1.54) is 17.7 Å². The van der Waals surface area contributed by atoms with Crippen LogP contribution < -0.4 is 10.1 Å². The number of benzene rings is 1. The summed E-state index contributed by atoms with van der Waals surface area (Å²) in [4.78, 5) is 0. The van der Waals surface area contributed by atoms with Gasteiger partial charge < -0.3 is 15.2 Å².